The van der Waals surface area contributed by atoms with Crippen LogP contribution in [0.25, 0.3) is 0 Å². The highest BCUT2D eigenvalue weighted by Crippen LogP contribution is 2.52. The van der Waals surface area contributed by atoms with Gasteiger partial charge in [0.05, 0.1) is 6.61 Å². The molecular formula is C13H22O3. The molecule has 1 aliphatic carbocycles. The Kier molecular flexibility index (Phi) is 3.53. The summed E-state index contributed by atoms with van der Waals surface area (Å²) in [6.07, 6.45) is 6.82. The Labute approximate surface area is 97.5 Å². The van der Waals surface area contributed by atoms with Gasteiger partial charge in [0.1, 0.15) is 5.60 Å². The van der Waals surface area contributed by atoms with Crippen LogP contribution < -0.4 is 0 Å². The Morgan fingerprint density at radius 2 is 2.19 bits per heavy atom. The molecule has 0 bridgehead atoms. The summed E-state index contributed by atoms with van der Waals surface area (Å²) < 4.78 is 10.8. The molecule has 2 aliphatic rings. The minimum Gasteiger partial charge on any atom is -0.464 e. The van der Waals surface area contributed by atoms with E-state index < -0.39 is 0 Å². The molecule has 1 saturated carbocycles. The molecule has 3 atom stereocenters. The first-order chi connectivity index (χ1) is 7.74. The first kappa shape index (κ1) is 11.9. The van der Waals surface area contributed by atoms with Crippen molar-refractivity contribution in [3.05, 3.63) is 0 Å². The number of hydrogen-bond donors (Lipinski definition) is 0. The second kappa shape index (κ2) is 4.74. The summed E-state index contributed by atoms with van der Waals surface area (Å²) in [5.41, 5.74) is -0.155. The number of ether oxygens (including phenoxy) is 2. The van der Waals surface area contributed by atoms with Gasteiger partial charge in [0, 0.05) is 0 Å². The van der Waals surface area contributed by atoms with Crippen LogP contribution in [0.1, 0.15) is 52.4 Å². The van der Waals surface area contributed by atoms with Gasteiger partial charge in [-0.25, -0.2) is 4.79 Å². The number of esters is 1. The van der Waals surface area contributed by atoms with E-state index >= 15 is 0 Å². The number of rotatable bonds is 3. The molecule has 1 aliphatic heterocycles. The van der Waals surface area contributed by atoms with Crippen LogP contribution in [0.2, 0.25) is 0 Å². The van der Waals surface area contributed by atoms with Gasteiger partial charge < -0.3 is 9.47 Å². The third-order valence-electron chi connectivity index (χ3n) is 4.03. The van der Waals surface area contributed by atoms with Crippen molar-refractivity contribution < 1.29 is 14.3 Å². The molecule has 2 fully saturated rings. The van der Waals surface area contributed by atoms with Crippen molar-refractivity contribution in [2.24, 2.45) is 5.92 Å². The predicted molar refractivity (Wildman–Crippen MR) is 61.1 cm³/mol. The molecule has 1 spiro atoms. The lowest BCUT2D eigenvalue weighted by molar-refractivity contribution is -0.144. The molecule has 0 N–H and O–H groups in total. The van der Waals surface area contributed by atoms with Gasteiger partial charge in [-0.3, -0.25) is 0 Å². The highest BCUT2D eigenvalue weighted by molar-refractivity contribution is 5.79. The SMILES string of the molecule is CCOC(=O)C1OC12CCCCCC2CC. The van der Waals surface area contributed by atoms with Gasteiger partial charge in [-0.05, 0) is 25.7 Å². The van der Waals surface area contributed by atoms with Gasteiger partial charge in [-0.2, -0.15) is 0 Å². The summed E-state index contributed by atoms with van der Waals surface area (Å²) in [5.74, 6) is 0.396. The van der Waals surface area contributed by atoms with Gasteiger partial charge >= 0.3 is 5.97 Å². The minimum absolute atomic E-state index is 0.150. The first-order valence-electron chi connectivity index (χ1n) is 6.59. The fourth-order valence-corrected chi connectivity index (χ4v) is 3.12. The number of carbonyl (C=O) groups excluding carboxylic acids is 1. The lowest BCUT2D eigenvalue weighted by atomic mass is 9.83. The van der Waals surface area contributed by atoms with Crippen LogP contribution in [-0.2, 0) is 14.3 Å². The van der Waals surface area contributed by atoms with E-state index in [4.69, 9.17) is 9.47 Å². The van der Waals surface area contributed by atoms with E-state index in [1.165, 1.54) is 25.7 Å². The second-order valence-electron chi connectivity index (χ2n) is 4.91. The van der Waals surface area contributed by atoms with Gasteiger partial charge in [-0.1, -0.05) is 32.6 Å². The zero-order valence-corrected chi connectivity index (χ0v) is 10.3. The minimum atomic E-state index is -0.268. The second-order valence-corrected chi connectivity index (χ2v) is 4.91. The van der Waals surface area contributed by atoms with Gasteiger partial charge in [0.2, 0.25) is 0 Å². The van der Waals surface area contributed by atoms with Gasteiger partial charge in [0.25, 0.3) is 0 Å². The average Bonchev–Trinajstić information content (AvgIpc) is 3.03. The van der Waals surface area contributed by atoms with Crippen molar-refractivity contribution in [1.29, 1.82) is 0 Å². The maximum Gasteiger partial charge on any atom is 0.338 e. The smallest absolute Gasteiger partial charge is 0.338 e. The molecule has 0 aromatic heterocycles. The predicted octanol–water partition coefficient (Wildman–Crippen LogP) is 2.68. The normalized spacial score (nSPS) is 38.1. The molecular weight excluding hydrogens is 204 g/mol. The lowest BCUT2D eigenvalue weighted by Crippen LogP contribution is -2.29. The Balaban J connectivity index is 2.03. The molecule has 1 saturated heterocycles. The number of hydrogen-bond acceptors (Lipinski definition) is 3. The zero-order valence-electron chi connectivity index (χ0n) is 10.3. The van der Waals surface area contributed by atoms with E-state index in [2.05, 4.69) is 6.92 Å². The van der Waals surface area contributed by atoms with Crippen LogP contribution in [0.3, 0.4) is 0 Å². The van der Waals surface area contributed by atoms with Crippen LogP contribution in [-0.4, -0.2) is 24.3 Å². The van der Waals surface area contributed by atoms with E-state index in [-0.39, 0.29) is 17.7 Å². The van der Waals surface area contributed by atoms with Crippen molar-refractivity contribution in [2.45, 2.75) is 64.1 Å². The third kappa shape index (κ3) is 1.97. The zero-order chi connectivity index (χ0) is 11.6. The van der Waals surface area contributed by atoms with Gasteiger partial charge in [-0.15, -0.1) is 0 Å². The molecule has 0 radical (unpaired) electrons. The summed E-state index contributed by atoms with van der Waals surface area (Å²) in [6.45, 7) is 4.49. The summed E-state index contributed by atoms with van der Waals surface area (Å²) >= 11 is 0. The Hall–Kier alpha value is -0.570. The van der Waals surface area contributed by atoms with Crippen molar-refractivity contribution in [2.75, 3.05) is 6.61 Å². The molecule has 16 heavy (non-hydrogen) atoms. The maximum absolute atomic E-state index is 11.7. The highest BCUT2D eigenvalue weighted by atomic mass is 16.7. The average molecular weight is 226 g/mol. The summed E-state index contributed by atoms with van der Waals surface area (Å²) in [6, 6.07) is 0. The van der Waals surface area contributed by atoms with Crippen LogP contribution in [0, 0.1) is 5.92 Å². The standard InChI is InChI=1S/C13H22O3/c1-3-10-8-6-5-7-9-13(10)11(16-13)12(14)15-4-2/h10-11H,3-9H2,1-2H3. The molecule has 1 heterocycles. The summed E-state index contributed by atoms with van der Waals surface area (Å²) in [4.78, 5) is 11.7. The molecule has 0 aromatic carbocycles. The van der Waals surface area contributed by atoms with Crippen molar-refractivity contribution in [3.63, 3.8) is 0 Å². The van der Waals surface area contributed by atoms with E-state index in [0.29, 0.717) is 12.5 Å². The third-order valence-corrected chi connectivity index (χ3v) is 4.03. The van der Waals surface area contributed by atoms with Crippen LogP contribution in [0.5, 0.6) is 0 Å². The summed E-state index contributed by atoms with van der Waals surface area (Å²) in [7, 11) is 0. The highest BCUT2D eigenvalue weighted by Gasteiger charge is 2.64. The topological polar surface area (TPSA) is 38.8 Å². The summed E-state index contributed by atoms with van der Waals surface area (Å²) in [5, 5.41) is 0. The maximum atomic E-state index is 11.7. The Morgan fingerprint density at radius 3 is 2.88 bits per heavy atom. The molecule has 3 unspecified atom stereocenters. The van der Waals surface area contributed by atoms with Crippen LogP contribution >= 0.6 is 0 Å². The van der Waals surface area contributed by atoms with Crippen LogP contribution in [0.4, 0.5) is 0 Å². The van der Waals surface area contributed by atoms with E-state index in [9.17, 15) is 4.79 Å². The molecule has 2 rings (SSSR count). The van der Waals surface area contributed by atoms with E-state index in [1.807, 2.05) is 6.92 Å². The molecule has 3 heteroatoms. The fourth-order valence-electron chi connectivity index (χ4n) is 3.12. The van der Waals surface area contributed by atoms with E-state index in [1.54, 1.807) is 0 Å². The Bertz CT molecular complexity index is 264. The largest absolute Gasteiger partial charge is 0.464 e. The number of epoxide rings is 1. The monoisotopic (exact) mass is 226 g/mol. The van der Waals surface area contributed by atoms with Crippen molar-refractivity contribution >= 4 is 5.97 Å². The fraction of sp³-hybridized carbons (Fsp3) is 0.923. The van der Waals surface area contributed by atoms with Crippen molar-refractivity contribution in [1.82, 2.24) is 0 Å². The van der Waals surface area contributed by atoms with E-state index in [0.717, 1.165) is 12.8 Å². The Morgan fingerprint density at radius 1 is 1.38 bits per heavy atom. The number of carbonyl (C=O) groups is 1. The molecule has 0 amide bonds. The van der Waals surface area contributed by atoms with Crippen molar-refractivity contribution in [3.8, 4) is 0 Å². The van der Waals surface area contributed by atoms with Crippen LogP contribution in [0.15, 0.2) is 0 Å². The van der Waals surface area contributed by atoms with Gasteiger partial charge in [0.15, 0.2) is 6.10 Å². The molecule has 3 nitrogen and oxygen atoms in total. The first-order valence-corrected chi connectivity index (χ1v) is 6.59. The lowest BCUT2D eigenvalue weighted by Gasteiger charge is -2.20. The quantitative estimate of drug-likeness (QED) is 0.548. The molecule has 92 valence electrons. The molecule has 0 aromatic rings.